The van der Waals surface area contributed by atoms with Crippen molar-refractivity contribution in [1.29, 1.82) is 0 Å². The highest BCUT2D eigenvalue weighted by Crippen LogP contribution is 2.33. The smallest absolute Gasteiger partial charge is 0.283 e. The first-order chi connectivity index (χ1) is 35.8. The average molecular weight is 1030 g/mol. The van der Waals surface area contributed by atoms with Crippen molar-refractivity contribution in [3.63, 3.8) is 0 Å². The van der Waals surface area contributed by atoms with E-state index in [-0.39, 0.29) is 84.8 Å². The van der Waals surface area contributed by atoms with Crippen LogP contribution >= 0.6 is 23.2 Å². The van der Waals surface area contributed by atoms with Crippen LogP contribution in [0.15, 0.2) is 129 Å². The Kier molecular flexibility index (Phi) is 11.6. The predicted octanol–water partition coefficient (Wildman–Crippen LogP) is 7.65. The third kappa shape index (κ3) is 7.59. The van der Waals surface area contributed by atoms with Gasteiger partial charge >= 0.3 is 11.4 Å². The molecule has 6 aromatic heterocycles. The summed E-state index contributed by atoms with van der Waals surface area (Å²) in [7, 11) is 0. The maximum atomic E-state index is 15.1. The number of hydrogen-bond donors (Lipinski definition) is 0. The molecule has 5 aromatic carbocycles. The van der Waals surface area contributed by atoms with Gasteiger partial charge in [-0.05, 0) is 30.7 Å². The van der Waals surface area contributed by atoms with Crippen molar-refractivity contribution in [3.8, 4) is 58.2 Å². The SMILES string of the molecule is C#CCn1c(-c2ccc(Cl)c(Cl)c2)c(-n2nnc3cc(F)c(F)cc32)c(=O)n(-c2cncc3cc(C#CCn4c(CC)c(-n5nnc6cc(F)c(F)cc65)c(=O)n(-c5cncc6ccccc56)c4=O)ccc23)c1=O. The van der Waals surface area contributed by atoms with Gasteiger partial charge in [0.15, 0.2) is 34.6 Å². The number of terminal acetylenes is 1. The molecule has 0 spiro atoms. The fraction of sp³-hybridized carbons (Fsp3) is 0.0769. The standard InChI is InChI=1S/C52H28Cl2F4N12O4/c1-3-15-66-46(28-12-14-33(53)34(54)18-28)48(70-43-22-38(58)36(56)20-40(43)62-64-70)50(72)68(52(66)74)45-26-60-24-30-17-27(11-13-32(30)45)8-7-16-65-41(4-2)47(69-42-21-37(57)35(55)19-39(42)61-63-69)49(71)67(51(65)73)44-25-59-23-29-9-5-6-10-31(29)44/h1,5-6,9-14,17-26H,4,15-16H2,2H3. The highest BCUT2D eigenvalue weighted by Gasteiger charge is 2.28. The van der Waals surface area contributed by atoms with Gasteiger partial charge in [-0.1, -0.05) is 94.7 Å². The van der Waals surface area contributed by atoms with Gasteiger partial charge in [-0.25, -0.2) is 45.6 Å². The molecule has 0 N–H and O–H groups in total. The van der Waals surface area contributed by atoms with Crippen LogP contribution in [0.5, 0.6) is 0 Å². The Morgan fingerprint density at radius 3 is 1.82 bits per heavy atom. The molecule has 6 heterocycles. The third-order valence-electron chi connectivity index (χ3n) is 12.3. The number of rotatable bonds is 8. The van der Waals surface area contributed by atoms with E-state index in [0.717, 1.165) is 47.3 Å². The van der Waals surface area contributed by atoms with Crippen LogP contribution in [-0.4, -0.2) is 58.2 Å². The summed E-state index contributed by atoms with van der Waals surface area (Å²) in [6.45, 7) is 0.999. The Morgan fingerprint density at radius 1 is 0.608 bits per heavy atom. The van der Waals surface area contributed by atoms with Crippen LogP contribution in [0.4, 0.5) is 17.6 Å². The van der Waals surface area contributed by atoms with Crippen LogP contribution in [0.2, 0.25) is 10.0 Å². The number of nitrogens with zero attached hydrogens (tertiary/aromatic N) is 12. The summed E-state index contributed by atoms with van der Waals surface area (Å²) in [6, 6.07) is 19.5. The lowest BCUT2D eigenvalue weighted by molar-refractivity contribution is 0.510. The first kappa shape index (κ1) is 46.9. The van der Waals surface area contributed by atoms with Crippen LogP contribution in [-0.2, 0) is 19.5 Å². The molecule has 0 bridgehead atoms. The van der Waals surface area contributed by atoms with E-state index in [1.807, 2.05) is 0 Å². The van der Waals surface area contributed by atoms with Gasteiger partial charge in [0.25, 0.3) is 11.1 Å². The number of hydrogen-bond acceptors (Lipinski definition) is 10. The zero-order valence-electron chi connectivity index (χ0n) is 37.9. The monoisotopic (exact) mass is 1030 g/mol. The van der Waals surface area contributed by atoms with E-state index in [4.69, 9.17) is 29.6 Å². The normalized spacial score (nSPS) is 11.4. The summed E-state index contributed by atoms with van der Waals surface area (Å²) in [5.74, 6) is 3.66. The lowest BCUT2D eigenvalue weighted by Gasteiger charge is -2.19. The van der Waals surface area contributed by atoms with Crippen LogP contribution in [0.25, 0.3) is 77.6 Å². The molecule has 0 aliphatic carbocycles. The molecule has 0 aliphatic rings. The second kappa shape index (κ2) is 18.3. The van der Waals surface area contributed by atoms with Crippen molar-refractivity contribution in [1.82, 2.24) is 58.2 Å². The molecular weight excluding hydrogens is 1000 g/mol. The second-order valence-electron chi connectivity index (χ2n) is 16.5. The molecule has 0 atom stereocenters. The number of halogens is 6. The molecule has 0 fully saturated rings. The predicted molar refractivity (Wildman–Crippen MR) is 268 cm³/mol. The number of aromatic nitrogens is 12. The molecule has 362 valence electrons. The zero-order chi connectivity index (χ0) is 51.7. The van der Waals surface area contributed by atoms with E-state index >= 15 is 4.79 Å². The van der Waals surface area contributed by atoms with Gasteiger partial charge in [0.1, 0.15) is 11.0 Å². The van der Waals surface area contributed by atoms with Crippen LogP contribution in [0.3, 0.4) is 0 Å². The summed E-state index contributed by atoms with van der Waals surface area (Å²) in [5, 5.41) is 18.3. The maximum Gasteiger partial charge on any atom is 0.337 e. The number of benzene rings is 5. The minimum Gasteiger partial charge on any atom is -0.283 e. The second-order valence-corrected chi connectivity index (χ2v) is 17.3. The van der Waals surface area contributed by atoms with Gasteiger partial charge < -0.3 is 0 Å². The molecular formula is C52H28Cl2F4N12O4. The summed E-state index contributed by atoms with van der Waals surface area (Å²) < 4.78 is 64.5. The molecule has 0 amide bonds. The first-order valence-corrected chi connectivity index (χ1v) is 22.8. The average Bonchev–Trinajstić information content (AvgIpc) is 3.98. The maximum absolute atomic E-state index is 15.1. The Balaban J connectivity index is 1.07. The van der Waals surface area contributed by atoms with E-state index < -0.39 is 52.3 Å². The molecule has 22 heteroatoms. The Bertz CT molecular complexity index is 4600. The fourth-order valence-electron chi connectivity index (χ4n) is 8.92. The zero-order valence-corrected chi connectivity index (χ0v) is 39.4. The van der Waals surface area contributed by atoms with Gasteiger partial charge in [0.2, 0.25) is 0 Å². The van der Waals surface area contributed by atoms with Gasteiger partial charge in [-0.3, -0.25) is 28.7 Å². The van der Waals surface area contributed by atoms with Crippen molar-refractivity contribution in [3.05, 3.63) is 196 Å². The Labute approximate surface area is 421 Å². The van der Waals surface area contributed by atoms with Crippen molar-refractivity contribution >= 4 is 66.8 Å². The quantitative estimate of drug-likeness (QED) is 0.109. The molecule has 74 heavy (non-hydrogen) atoms. The van der Waals surface area contributed by atoms with Gasteiger partial charge in [-0.15, -0.1) is 16.6 Å². The summed E-state index contributed by atoms with van der Waals surface area (Å²) in [4.78, 5) is 67.8. The summed E-state index contributed by atoms with van der Waals surface area (Å²) >= 11 is 12.7. The van der Waals surface area contributed by atoms with E-state index in [9.17, 15) is 31.9 Å². The highest BCUT2D eigenvalue weighted by atomic mass is 35.5. The molecule has 0 aliphatic heterocycles. The molecule has 0 saturated heterocycles. The summed E-state index contributed by atoms with van der Waals surface area (Å²) in [5.41, 5.74) is -3.51. The van der Waals surface area contributed by atoms with Crippen LogP contribution < -0.4 is 22.5 Å². The van der Waals surface area contributed by atoms with Gasteiger partial charge in [-0.2, -0.15) is 0 Å². The lowest BCUT2D eigenvalue weighted by atomic mass is 10.1. The minimum absolute atomic E-state index is 0.00790. The fourth-order valence-corrected chi connectivity index (χ4v) is 9.22. The summed E-state index contributed by atoms with van der Waals surface area (Å²) in [6.07, 6.45) is 11.6. The molecule has 0 unspecified atom stereocenters. The molecule has 16 nitrogen and oxygen atoms in total. The van der Waals surface area contributed by atoms with Gasteiger partial charge in [0.05, 0.1) is 69.3 Å². The van der Waals surface area contributed by atoms with E-state index in [1.165, 1.54) is 41.4 Å². The Hall–Kier alpha value is -9.50. The molecule has 0 saturated carbocycles. The van der Waals surface area contributed by atoms with Crippen LogP contribution in [0.1, 0.15) is 18.2 Å². The van der Waals surface area contributed by atoms with Crippen molar-refractivity contribution in [2.75, 3.05) is 0 Å². The Morgan fingerprint density at radius 2 is 1.19 bits per heavy atom. The largest absolute Gasteiger partial charge is 0.337 e. The van der Waals surface area contributed by atoms with Gasteiger partial charge in [0, 0.05) is 69.3 Å². The highest BCUT2D eigenvalue weighted by molar-refractivity contribution is 6.42. The van der Waals surface area contributed by atoms with E-state index in [1.54, 1.807) is 55.6 Å². The third-order valence-corrected chi connectivity index (χ3v) is 13.0. The topological polar surface area (TPSA) is 175 Å². The number of pyridine rings is 2. The lowest BCUT2D eigenvalue weighted by Crippen LogP contribution is -2.43. The molecule has 11 rings (SSSR count). The number of fused-ring (bicyclic) bond motifs is 4. The van der Waals surface area contributed by atoms with Crippen LogP contribution in [0, 0.1) is 47.5 Å². The molecule has 11 aromatic rings. The van der Waals surface area contributed by atoms with Crippen molar-refractivity contribution in [2.45, 2.75) is 26.4 Å². The first-order valence-electron chi connectivity index (χ1n) is 22.1. The van der Waals surface area contributed by atoms with E-state index in [2.05, 4.69) is 48.4 Å². The minimum atomic E-state index is -1.26. The van der Waals surface area contributed by atoms with E-state index in [0.29, 0.717) is 27.1 Å². The molecule has 0 radical (unpaired) electrons. The van der Waals surface area contributed by atoms with Crippen molar-refractivity contribution < 1.29 is 17.6 Å². The van der Waals surface area contributed by atoms with Crippen molar-refractivity contribution in [2.24, 2.45) is 0 Å².